The van der Waals surface area contributed by atoms with E-state index in [-0.39, 0.29) is 11.8 Å². The van der Waals surface area contributed by atoms with Crippen molar-refractivity contribution in [2.75, 3.05) is 18.1 Å². The first-order chi connectivity index (χ1) is 17.5. The molecule has 0 radical (unpaired) electrons. The molecule has 0 bridgehead atoms. The largest absolute Gasteiger partial charge is 0.494 e. The van der Waals surface area contributed by atoms with Crippen LogP contribution in [0.15, 0.2) is 60.7 Å². The highest BCUT2D eigenvalue weighted by molar-refractivity contribution is 6.32. The zero-order valence-corrected chi connectivity index (χ0v) is 21.9. The van der Waals surface area contributed by atoms with Crippen LogP contribution in [0.25, 0.3) is 11.0 Å². The third-order valence-corrected chi connectivity index (χ3v) is 7.64. The number of rotatable bonds is 8. The number of benzene rings is 3. The summed E-state index contributed by atoms with van der Waals surface area (Å²) in [5, 5.41) is 0.790. The number of hydrogen-bond acceptors (Lipinski definition) is 3. The third kappa shape index (κ3) is 4.72. The molecule has 1 amide bonds. The third-order valence-electron chi connectivity index (χ3n) is 7.04. The number of amides is 1. The van der Waals surface area contributed by atoms with E-state index in [1.54, 1.807) is 0 Å². The number of hydrogen-bond donors (Lipinski definition) is 0. The quantitative estimate of drug-likeness (QED) is 0.248. The summed E-state index contributed by atoms with van der Waals surface area (Å²) in [6, 6.07) is 20.4. The molecule has 1 fully saturated rings. The predicted molar refractivity (Wildman–Crippen MR) is 146 cm³/mol. The summed E-state index contributed by atoms with van der Waals surface area (Å²) >= 11 is 6.30. The molecule has 3 aromatic carbocycles. The number of ether oxygens (including phenoxy) is 1. The Morgan fingerprint density at radius 3 is 2.56 bits per heavy atom. The topological polar surface area (TPSA) is 47.4 Å². The summed E-state index contributed by atoms with van der Waals surface area (Å²) < 4.78 is 8.34. The van der Waals surface area contributed by atoms with Gasteiger partial charge in [0.1, 0.15) is 11.6 Å². The first-order valence-electron chi connectivity index (χ1n) is 12.7. The van der Waals surface area contributed by atoms with Gasteiger partial charge in [0.05, 0.1) is 17.6 Å². The highest BCUT2D eigenvalue weighted by Gasteiger charge is 2.35. The highest BCUT2D eigenvalue weighted by atomic mass is 35.5. The Labute approximate surface area is 217 Å². The lowest BCUT2D eigenvalue weighted by Gasteiger charge is -2.20. The number of aryl methyl sites for hydroxylation is 4. The predicted octanol–water partition coefficient (Wildman–Crippen LogP) is 6.86. The van der Waals surface area contributed by atoms with E-state index >= 15 is 0 Å². The Bertz CT molecular complexity index is 1390. The van der Waals surface area contributed by atoms with Crippen LogP contribution < -0.4 is 9.64 Å². The SMILES string of the molecule is CCc1ccccc1N1CC(c2nc3ccccc3n2CCCOc2cc(C)c(Cl)c(C)c2)CC1=O. The maximum Gasteiger partial charge on any atom is 0.227 e. The minimum atomic E-state index is 0.0531. The number of para-hydroxylation sites is 3. The van der Waals surface area contributed by atoms with Crippen molar-refractivity contribution in [1.82, 2.24) is 9.55 Å². The number of fused-ring (bicyclic) bond motifs is 1. The number of carbonyl (C=O) groups is 1. The van der Waals surface area contributed by atoms with Crippen molar-refractivity contribution in [3.05, 3.63) is 88.2 Å². The van der Waals surface area contributed by atoms with Crippen LogP contribution in [0.1, 0.15) is 48.2 Å². The van der Waals surface area contributed by atoms with Gasteiger partial charge < -0.3 is 14.2 Å². The molecule has 0 spiro atoms. The lowest BCUT2D eigenvalue weighted by atomic mass is 10.1. The molecule has 1 aliphatic rings. The summed E-state index contributed by atoms with van der Waals surface area (Å²) in [6.45, 7) is 8.14. The average Bonchev–Trinajstić information content (AvgIpc) is 3.45. The van der Waals surface area contributed by atoms with Crippen LogP contribution in [0.5, 0.6) is 5.75 Å². The highest BCUT2D eigenvalue weighted by Crippen LogP contribution is 2.35. The van der Waals surface area contributed by atoms with E-state index in [4.69, 9.17) is 21.3 Å². The Balaban J connectivity index is 1.35. The molecule has 4 aromatic rings. The summed E-state index contributed by atoms with van der Waals surface area (Å²) in [7, 11) is 0. The van der Waals surface area contributed by atoms with Gasteiger partial charge in [-0.3, -0.25) is 4.79 Å². The lowest BCUT2D eigenvalue weighted by molar-refractivity contribution is -0.117. The summed E-state index contributed by atoms with van der Waals surface area (Å²) in [6.07, 6.45) is 2.20. The number of carbonyl (C=O) groups excluding carboxylic acids is 1. The van der Waals surface area contributed by atoms with Crippen LogP contribution in [0.2, 0.25) is 5.02 Å². The Morgan fingerprint density at radius 2 is 1.78 bits per heavy atom. The number of imidazole rings is 1. The summed E-state index contributed by atoms with van der Waals surface area (Å²) in [5.74, 6) is 2.05. The molecule has 1 aromatic heterocycles. The van der Waals surface area contributed by atoms with Crippen LogP contribution in [0.3, 0.4) is 0 Å². The molecule has 0 aliphatic carbocycles. The van der Waals surface area contributed by atoms with E-state index in [0.717, 1.165) is 63.8 Å². The fourth-order valence-corrected chi connectivity index (χ4v) is 5.34. The monoisotopic (exact) mass is 501 g/mol. The molecule has 1 unspecified atom stereocenters. The van der Waals surface area contributed by atoms with Crippen molar-refractivity contribution in [1.29, 1.82) is 0 Å². The van der Waals surface area contributed by atoms with Gasteiger partial charge >= 0.3 is 0 Å². The van der Waals surface area contributed by atoms with Gasteiger partial charge in [0.25, 0.3) is 0 Å². The van der Waals surface area contributed by atoms with Gasteiger partial charge in [0.15, 0.2) is 0 Å². The van der Waals surface area contributed by atoms with E-state index in [2.05, 4.69) is 29.7 Å². The van der Waals surface area contributed by atoms with Crippen LogP contribution in [0, 0.1) is 13.8 Å². The first kappa shape index (κ1) is 24.4. The lowest BCUT2D eigenvalue weighted by Crippen LogP contribution is -2.25. The van der Waals surface area contributed by atoms with Gasteiger partial charge in [-0.25, -0.2) is 4.98 Å². The number of anilines is 1. The van der Waals surface area contributed by atoms with E-state index < -0.39 is 0 Å². The maximum atomic E-state index is 13.1. The van der Waals surface area contributed by atoms with E-state index in [1.807, 2.05) is 61.2 Å². The molecule has 6 heteroatoms. The van der Waals surface area contributed by atoms with E-state index in [9.17, 15) is 4.79 Å². The fraction of sp³-hybridized carbons (Fsp3) is 0.333. The van der Waals surface area contributed by atoms with Crippen molar-refractivity contribution in [2.45, 2.75) is 52.5 Å². The molecule has 1 saturated heterocycles. The van der Waals surface area contributed by atoms with Crippen molar-refractivity contribution < 1.29 is 9.53 Å². The van der Waals surface area contributed by atoms with Gasteiger partial charge in [-0.15, -0.1) is 0 Å². The van der Waals surface area contributed by atoms with Crippen molar-refractivity contribution >= 4 is 34.2 Å². The number of nitrogens with zero attached hydrogens (tertiary/aromatic N) is 3. The second-order valence-corrected chi connectivity index (χ2v) is 9.95. The minimum absolute atomic E-state index is 0.0531. The maximum absolute atomic E-state index is 13.1. The minimum Gasteiger partial charge on any atom is -0.494 e. The van der Waals surface area contributed by atoms with Crippen LogP contribution in [-0.4, -0.2) is 28.6 Å². The van der Waals surface area contributed by atoms with Crippen LogP contribution in [-0.2, 0) is 17.8 Å². The molecule has 0 saturated carbocycles. The molecule has 36 heavy (non-hydrogen) atoms. The molecular formula is C30H32ClN3O2. The number of halogens is 1. The fourth-order valence-electron chi connectivity index (χ4n) is 5.23. The summed E-state index contributed by atoms with van der Waals surface area (Å²) in [5.41, 5.74) is 6.34. The van der Waals surface area contributed by atoms with Crippen molar-refractivity contribution in [3.8, 4) is 5.75 Å². The molecular weight excluding hydrogens is 470 g/mol. The van der Waals surface area contributed by atoms with Crippen LogP contribution in [0.4, 0.5) is 5.69 Å². The van der Waals surface area contributed by atoms with E-state index in [1.165, 1.54) is 5.56 Å². The normalized spacial score (nSPS) is 15.7. The average molecular weight is 502 g/mol. The smallest absolute Gasteiger partial charge is 0.227 e. The Morgan fingerprint density at radius 1 is 1.06 bits per heavy atom. The molecule has 5 nitrogen and oxygen atoms in total. The van der Waals surface area contributed by atoms with Gasteiger partial charge in [0.2, 0.25) is 5.91 Å². The standard InChI is InChI=1S/C30H32ClN3O2/c1-4-22-10-5-7-12-26(22)34-19-23(18-28(34)35)30-32-25-11-6-8-13-27(25)33(30)14-9-15-36-24-16-20(2)29(31)21(3)17-24/h5-8,10-13,16-17,23H,4,9,14-15,18-19H2,1-3H3. The van der Waals surface area contributed by atoms with Gasteiger partial charge in [0, 0.05) is 36.1 Å². The summed E-state index contributed by atoms with van der Waals surface area (Å²) in [4.78, 5) is 20.1. The van der Waals surface area contributed by atoms with Crippen molar-refractivity contribution in [2.24, 2.45) is 0 Å². The van der Waals surface area contributed by atoms with Crippen LogP contribution >= 0.6 is 11.6 Å². The van der Waals surface area contributed by atoms with Gasteiger partial charge in [-0.05, 0) is 73.7 Å². The molecule has 1 atom stereocenters. The first-order valence-corrected chi connectivity index (χ1v) is 13.1. The van der Waals surface area contributed by atoms with Gasteiger partial charge in [-0.1, -0.05) is 48.9 Å². The second kappa shape index (κ2) is 10.4. The molecule has 5 rings (SSSR count). The number of aromatic nitrogens is 2. The Hall–Kier alpha value is -3.31. The zero-order chi connectivity index (χ0) is 25.2. The van der Waals surface area contributed by atoms with Crippen molar-refractivity contribution in [3.63, 3.8) is 0 Å². The van der Waals surface area contributed by atoms with Gasteiger partial charge in [-0.2, -0.15) is 0 Å². The second-order valence-electron chi connectivity index (χ2n) is 9.57. The molecule has 1 aliphatic heterocycles. The Kier molecular flexibility index (Phi) is 7.01. The molecule has 0 N–H and O–H groups in total. The molecule has 186 valence electrons. The van der Waals surface area contributed by atoms with E-state index in [0.29, 0.717) is 19.6 Å². The molecule has 2 heterocycles. The zero-order valence-electron chi connectivity index (χ0n) is 21.1.